The third kappa shape index (κ3) is 7.47. The number of halogens is 1. The summed E-state index contributed by atoms with van der Waals surface area (Å²) in [7, 11) is 3.09. The highest BCUT2D eigenvalue weighted by atomic mass is 19.1. The van der Waals surface area contributed by atoms with E-state index in [9.17, 15) is 14.0 Å². The van der Waals surface area contributed by atoms with Crippen molar-refractivity contribution in [2.24, 2.45) is 0 Å². The first-order valence-corrected chi connectivity index (χ1v) is 13.1. The first kappa shape index (κ1) is 28.4. The maximum Gasteiger partial charge on any atom is 0.247 e. The van der Waals surface area contributed by atoms with Gasteiger partial charge in [-0.05, 0) is 52.9 Å². The summed E-state index contributed by atoms with van der Waals surface area (Å²) in [6.07, 6.45) is 0.688. The lowest BCUT2D eigenvalue weighted by molar-refractivity contribution is -0.141. The molecule has 0 spiro atoms. The van der Waals surface area contributed by atoms with Gasteiger partial charge in [-0.1, -0.05) is 78.9 Å². The third-order valence-electron chi connectivity index (χ3n) is 6.62. The fourth-order valence-corrected chi connectivity index (χ4v) is 4.56. The van der Waals surface area contributed by atoms with Crippen LogP contribution < -0.4 is 14.8 Å². The van der Waals surface area contributed by atoms with Gasteiger partial charge in [0.05, 0.1) is 20.6 Å². The quantitative estimate of drug-likeness (QED) is 0.257. The number of ether oxygens (including phenoxy) is 2. The summed E-state index contributed by atoms with van der Waals surface area (Å²) in [5, 5.41) is 3.03. The number of nitrogens with zero attached hydrogens (tertiary/aromatic N) is 1. The molecule has 1 atom stereocenters. The first-order valence-electron chi connectivity index (χ1n) is 13.1. The Balaban J connectivity index is 1.64. The zero-order valence-electron chi connectivity index (χ0n) is 22.7. The van der Waals surface area contributed by atoms with E-state index in [1.807, 2.05) is 60.7 Å². The van der Waals surface area contributed by atoms with Crippen LogP contribution in [-0.4, -0.2) is 37.5 Å². The highest BCUT2D eigenvalue weighted by molar-refractivity contribution is 5.89. The van der Waals surface area contributed by atoms with E-state index in [0.717, 1.165) is 5.56 Å². The van der Waals surface area contributed by atoms with Crippen LogP contribution >= 0.6 is 0 Å². The maximum atomic E-state index is 14.0. The van der Waals surface area contributed by atoms with Crippen molar-refractivity contribution in [2.75, 3.05) is 20.8 Å². The van der Waals surface area contributed by atoms with Crippen LogP contribution in [0.4, 0.5) is 4.39 Å². The number of carbonyl (C=O) groups is 2. The van der Waals surface area contributed by atoms with Gasteiger partial charge < -0.3 is 19.7 Å². The fourth-order valence-electron chi connectivity index (χ4n) is 4.56. The Hall–Kier alpha value is -4.65. The molecule has 4 aromatic rings. The van der Waals surface area contributed by atoms with Gasteiger partial charge in [-0.15, -0.1) is 0 Å². The number of nitrogens with one attached hydrogen (secondary N) is 1. The van der Waals surface area contributed by atoms with Crippen molar-refractivity contribution in [1.82, 2.24) is 10.2 Å². The Morgan fingerprint density at radius 2 is 1.40 bits per heavy atom. The van der Waals surface area contributed by atoms with Crippen molar-refractivity contribution in [3.63, 3.8) is 0 Å². The minimum Gasteiger partial charge on any atom is -0.493 e. The van der Waals surface area contributed by atoms with Crippen molar-refractivity contribution >= 4 is 11.8 Å². The van der Waals surface area contributed by atoms with E-state index in [4.69, 9.17) is 9.47 Å². The second kappa shape index (κ2) is 13.9. The van der Waals surface area contributed by atoms with E-state index < -0.39 is 6.04 Å². The smallest absolute Gasteiger partial charge is 0.247 e. The molecule has 0 aliphatic heterocycles. The maximum absolute atomic E-state index is 14.0. The second-order valence-electron chi connectivity index (χ2n) is 9.35. The van der Waals surface area contributed by atoms with Crippen LogP contribution in [0.25, 0.3) is 0 Å². The molecule has 0 aliphatic rings. The van der Waals surface area contributed by atoms with Gasteiger partial charge in [0.1, 0.15) is 11.9 Å². The standard InChI is InChI=1S/C33H33FN2O4/c1-39-29-18-15-26(21-30(29)40-2)22-31(37)36(23-25-13-16-28(34)17-14-25)32(27-11-7-4-8-12-27)33(38)35-20-19-24-9-5-3-6-10-24/h3-18,21,32H,19-20,22-23H2,1-2H3,(H,35,38). The molecule has 0 aromatic heterocycles. The molecule has 0 fully saturated rings. The topological polar surface area (TPSA) is 67.9 Å². The van der Waals surface area contributed by atoms with Crippen LogP contribution in [-0.2, 0) is 29.0 Å². The summed E-state index contributed by atoms with van der Waals surface area (Å²) in [6.45, 7) is 0.540. The monoisotopic (exact) mass is 540 g/mol. The summed E-state index contributed by atoms with van der Waals surface area (Å²) < 4.78 is 24.4. The Kier molecular flexibility index (Phi) is 9.88. The lowest BCUT2D eigenvalue weighted by atomic mass is 10.0. The zero-order chi connectivity index (χ0) is 28.3. The average molecular weight is 541 g/mol. The normalized spacial score (nSPS) is 11.4. The Bertz CT molecular complexity index is 1400. The average Bonchev–Trinajstić information content (AvgIpc) is 2.99. The number of hydrogen-bond donors (Lipinski definition) is 1. The molecule has 40 heavy (non-hydrogen) atoms. The Morgan fingerprint density at radius 1 is 0.775 bits per heavy atom. The summed E-state index contributed by atoms with van der Waals surface area (Å²) in [5.74, 6) is 0.150. The minimum absolute atomic E-state index is 0.0299. The molecule has 206 valence electrons. The molecular formula is C33H33FN2O4. The van der Waals surface area contributed by atoms with Gasteiger partial charge in [0.15, 0.2) is 11.5 Å². The summed E-state index contributed by atoms with van der Waals surface area (Å²) >= 11 is 0. The van der Waals surface area contributed by atoms with Crippen molar-refractivity contribution in [1.29, 1.82) is 0 Å². The third-order valence-corrected chi connectivity index (χ3v) is 6.62. The highest BCUT2D eigenvalue weighted by Crippen LogP contribution is 2.29. The summed E-state index contributed by atoms with van der Waals surface area (Å²) in [4.78, 5) is 29.3. The first-order chi connectivity index (χ1) is 19.5. The molecule has 0 aliphatic carbocycles. The molecule has 0 bridgehead atoms. The highest BCUT2D eigenvalue weighted by Gasteiger charge is 2.31. The van der Waals surface area contributed by atoms with E-state index in [1.54, 1.807) is 42.3 Å². The van der Waals surface area contributed by atoms with Crippen molar-refractivity contribution in [3.8, 4) is 11.5 Å². The molecule has 0 radical (unpaired) electrons. The van der Waals surface area contributed by atoms with E-state index in [2.05, 4.69) is 5.32 Å². The number of amides is 2. The van der Waals surface area contributed by atoms with Crippen molar-refractivity contribution in [2.45, 2.75) is 25.4 Å². The molecule has 6 nitrogen and oxygen atoms in total. The van der Waals surface area contributed by atoms with E-state index >= 15 is 0 Å². The van der Waals surface area contributed by atoms with Gasteiger partial charge in [-0.3, -0.25) is 9.59 Å². The van der Waals surface area contributed by atoms with Crippen LogP contribution in [0.1, 0.15) is 28.3 Å². The second-order valence-corrected chi connectivity index (χ2v) is 9.35. The lowest BCUT2D eigenvalue weighted by Gasteiger charge is -2.32. The number of carbonyl (C=O) groups excluding carboxylic acids is 2. The zero-order valence-corrected chi connectivity index (χ0v) is 22.7. The van der Waals surface area contributed by atoms with Crippen LogP contribution in [0, 0.1) is 5.82 Å². The SMILES string of the molecule is COc1ccc(CC(=O)N(Cc2ccc(F)cc2)C(C(=O)NCCc2ccccc2)c2ccccc2)cc1OC. The predicted octanol–water partition coefficient (Wildman–Crippen LogP) is 5.51. The van der Waals surface area contributed by atoms with Crippen molar-refractivity contribution < 1.29 is 23.5 Å². The molecule has 4 rings (SSSR count). The van der Waals surface area contributed by atoms with Crippen LogP contribution in [0.15, 0.2) is 103 Å². The predicted molar refractivity (Wildman–Crippen MR) is 153 cm³/mol. The van der Waals surface area contributed by atoms with Crippen molar-refractivity contribution in [3.05, 3.63) is 131 Å². The van der Waals surface area contributed by atoms with Gasteiger partial charge in [0.25, 0.3) is 0 Å². The van der Waals surface area contributed by atoms with E-state index in [0.29, 0.717) is 41.2 Å². The van der Waals surface area contributed by atoms with Gasteiger partial charge in [0, 0.05) is 13.1 Å². The molecule has 7 heteroatoms. The Labute approximate surface area is 234 Å². The van der Waals surface area contributed by atoms with E-state index in [-0.39, 0.29) is 30.6 Å². The number of rotatable bonds is 12. The molecule has 0 heterocycles. The van der Waals surface area contributed by atoms with Gasteiger partial charge in [-0.2, -0.15) is 0 Å². The van der Waals surface area contributed by atoms with Crippen LogP contribution in [0.3, 0.4) is 0 Å². The van der Waals surface area contributed by atoms with Crippen LogP contribution in [0.5, 0.6) is 11.5 Å². The molecule has 0 saturated heterocycles. The molecule has 1 unspecified atom stereocenters. The number of benzene rings is 4. The Morgan fingerprint density at radius 3 is 2.05 bits per heavy atom. The summed E-state index contributed by atoms with van der Waals surface area (Å²) in [6, 6.07) is 29.5. The van der Waals surface area contributed by atoms with Crippen LogP contribution in [0.2, 0.25) is 0 Å². The van der Waals surface area contributed by atoms with Gasteiger partial charge in [0.2, 0.25) is 11.8 Å². The minimum atomic E-state index is -0.894. The molecule has 4 aromatic carbocycles. The van der Waals surface area contributed by atoms with Gasteiger partial charge >= 0.3 is 0 Å². The number of methoxy groups -OCH3 is 2. The molecule has 0 saturated carbocycles. The number of hydrogen-bond acceptors (Lipinski definition) is 4. The fraction of sp³-hybridized carbons (Fsp3) is 0.212. The van der Waals surface area contributed by atoms with Gasteiger partial charge in [-0.25, -0.2) is 4.39 Å². The molecule has 2 amide bonds. The molecular weight excluding hydrogens is 507 g/mol. The van der Waals surface area contributed by atoms with E-state index in [1.165, 1.54) is 19.2 Å². The summed E-state index contributed by atoms with van der Waals surface area (Å²) in [5.41, 5.74) is 3.21. The lowest BCUT2D eigenvalue weighted by Crippen LogP contribution is -2.44. The molecule has 1 N–H and O–H groups in total. The largest absolute Gasteiger partial charge is 0.493 e.